The molecule has 1 aliphatic rings. The molecule has 120 valence electrons. The first-order chi connectivity index (χ1) is 10.5. The van der Waals surface area contributed by atoms with Crippen molar-refractivity contribution in [3.63, 3.8) is 0 Å². The lowest BCUT2D eigenvalue weighted by Gasteiger charge is -2.27. The second-order valence-corrected chi connectivity index (χ2v) is 5.78. The third-order valence-corrected chi connectivity index (χ3v) is 4.25. The molecule has 2 rings (SSSR count). The fourth-order valence-corrected chi connectivity index (χ4v) is 3.08. The van der Waals surface area contributed by atoms with E-state index in [0.29, 0.717) is 18.8 Å². The summed E-state index contributed by atoms with van der Waals surface area (Å²) in [5.74, 6) is -1.09. The van der Waals surface area contributed by atoms with Crippen LogP contribution in [0.2, 0.25) is 0 Å². The summed E-state index contributed by atoms with van der Waals surface area (Å²) in [6.07, 6.45) is 3.46. The molecule has 22 heavy (non-hydrogen) atoms. The Morgan fingerprint density at radius 3 is 2.59 bits per heavy atom. The molecule has 0 spiro atoms. The highest BCUT2D eigenvalue weighted by Crippen LogP contribution is 2.39. The van der Waals surface area contributed by atoms with Gasteiger partial charge in [-0.1, -0.05) is 18.9 Å². The van der Waals surface area contributed by atoms with Gasteiger partial charge in [-0.25, -0.2) is 4.39 Å². The van der Waals surface area contributed by atoms with Crippen LogP contribution in [0.3, 0.4) is 0 Å². The Morgan fingerprint density at radius 1 is 1.32 bits per heavy atom. The largest absolute Gasteiger partial charge is 0.466 e. The van der Waals surface area contributed by atoms with Gasteiger partial charge in [0.2, 0.25) is 0 Å². The summed E-state index contributed by atoms with van der Waals surface area (Å²) in [6, 6.07) is 4.47. The van der Waals surface area contributed by atoms with Crippen molar-refractivity contribution < 1.29 is 18.7 Å². The number of Topliss-reactive ketones (excluding diaryl/α,β-unsaturated/α-hetero) is 1. The molecule has 1 aromatic carbocycles. The van der Waals surface area contributed by atoms with E-state index in [9.17, 15) is 14.0 Å². The molecule has 1 aromatic rings. The first-order valence-corrected chi connectivity index (χ1v) is 7.71. The third-order valence-electron chi connectivity index (χ3n) is 4.25. The fraction of sp³-hybridized carbons (Fsp3) is 0.529. The molecule has 1 fully saturated rings. The molecule has 0 amide bonds. The number of hydrogen-bond donors (Lipinski definition) is 1. The van der Waals surface area contributed by atoms with E-state index in [1.165, 1.54) is 13.0 Å². The van der Waals surface area contributed by atoms with Gasteiger partial charge in [-0.05, 0) is 38.8 Å². The molecule has 4 nitrogen and oxygen atoms in total. The molecule has 1 aliphatic carbocycles. The van der Waals surface area contributed by atoms with Crippen LogP contribution in [0.4, 0.5) is 10.1 Å². The predicted molar refractivity (Wildman–Crippen MR) is 82.4 cm³/mol. The van der Waals surface area contributed by atoms with Crippen molar-refractivity contribution in [2.75, 3.05) is 18.5 Å². The zero-order valence-electron chi connectivity index (χ0n) is 13.1. The maximum atomic E-state index is 13.8. The molecule has 0 unspecified atom stereocenters. The van der Waals surface area contributed by atoms with Crippen LogP contribution < -0.4 is 5.32 Å². The van der Waals surface area contributed by atoms with Crippen LogP contribution in [0.15, 0.2) is 18.2 Å². The van der Waals surface area contributed by atoms with E-state index in [1.54, 1.807) is 19.1 Å². The van der Waals surface area contributed by atoms with Crippen LogP contribution >= 0.6 is 0 Å². The summed E-state index contributed by atoms with van der Waals surface area (Å²) in [7, 11) is 0. The number of hydrogen-bond acceptors (Lipinski definition) is 4. The van der Waals surface area contributed by atoms with E-state index in [-0.39, 0.29) is 17.3 Å². The lowest BCUT2D eigenvalue weighted by molar-refractivity contribution is -0.154. The molecular weight excluding hydrogens is 285 g/mol. The van der Waals surface area contributed by atoms with Gasteiger partial charge in [-0.2, -0.15) is 0 Å². The van der Waals surface area contributed by atoms with Crippen LogP contribution in [-0.2, 0) is 9.53 Å². The average molecular weight is 307 g/mol. The maximum absolute atomic E-state index is 13.8. The minimum atomic E-state index is -0.573. The highest BCUT2D eigenvalue weighted by molar-refractivity contribution is 5.99. The number of nitrogens with one attached hydrogen (secondary N) is 1. The van der Waals surface area contributed by atoms with Gasteiger partial charge in [0, 0.05) is 12.2 Å². The highest BCUT2D eigenvalue weighted by Gasteiger charge is 2.42. The van der Waals surface area contributed by atoms with Gasteiger partial charge in [0.15, 0.2) is 5.78 Å². The van der Waals surface area contributed by atoms with Gasteiger partial charge >= 0.3 is 5.97 Å². The molecule has 0 bridgehead atoms. The van der Waals surface area contributed by atoms with Gasteiger partial charge in [0.05, 0.1) is 17.6 Å². The highest BCUT2D eigenvalue weighted by atomic mass is 19.1. The number of carbonyl (C=O) groups excluding carboxylic acids is 2. The number of rotatable bonds is 6. The van der Waals surface area contributed by atoms with Crippen molar-refractivity contribution in [2.45, 2.75) is 39.5 Å². The van der Waals surface area contributed by atoms with E-state index in [4.69, 9.17) is 4.74 Å². The van der Waals surface area contributed by atoms with E-state index in [1.807, 2.05) is 0 Å². The lowest BCUT2D eigenvalue weighted by atomic mass is 9.86. The van der Waals surface area contributed by atoms with Crippen molar-refractivity contribution in [1.29, 1.82) is 0 Å². The molecule has 0 heterocycles. The van der Waals surface area contributed by atoms with Gasteiger partial charge in [0.1, 0.15) is 5.82 Å². The molecule has 0 saturated heterocycles. The van der Waals surface area contributed by atoms with Gasteiger partial charge in [0.25, 0.3) is 0 Å². The molecule has 0 aromatic heterocycles. The minimum Gasteiger partial charge on any atom is -0.466 e. The first-order valence-electron chi connectivity index (χ1n) is 7.71. The smallest absolute Gasteiger partial charge is 0.313 e. The van der Waals surface area contributed by atoms with Crippen LogP contribution in [0, 0.1) is 11.2 Å². The summed E-state index contributed by atoms with van der Waals surface area (Å²) in [4.78, 5) is 23.9. The van der Waals surface area contributed by atoms with Crippen LogP contribution in [0.25, 0.3) is 0 Å². The second-order valence-electron chi connectivity index (χ2n) is 5.78. The van der Waals surface area contributed by atoms with Crippen molar-refractivity contribution in [1.82, 2.24) is 0 Å². The Morgan fingerprint density at radius 2 is 2.00 bits per heavy atom. The molecule has 1 saturated carbocycles. The third kappa shape index (κ3) is 3.29. The van der Waals surface area contributed by atoms with Gasteiger partial charge in [-0.3, -0.25) is 9.59 Å². The second kappa shape index (κ2) is 6.90. The molecule has 0 radical (unpaired) electrons. The molecular formula is C17H22FNO3. The number of ketones is 1. The standard InChI is InChI=1S/C17H22FNO3/c1-3-22-16(21)17(9-4-5-10-17)11-19-14-8-6-7-13(18)15(14)12(2)20/h6-8,19H,3-5,9-11H2,1-2H3. The Kier molecular flexibility index (Phi) is 5.16. The van der Waals surface area contributed by atoms with Crippen LogP contribution in [0.1, 0.15) is 49.9 Å². The number of benzene rings is 1. The number of halogens is 1. The van der Waals surface area contributed by atoms with Gasteiger partial charge in [-0.15, -0.1) is 0 Å². The number of carbonyl (C=O) groups is 2. The normalized spacial score (nSPS) is 16.3. The van der Waals surface area contributed by atoms with E-state index >= 15 is 0 Å². The summed E-state index contributed by atoms with van der Waals surface area (Å²) < 4.78 is 19.0. The quantitative estimate of drug-likeness (QED) is 0.645. The van der Waals surface area contributed by atoms with Crippen molar-refractivity contribution in [3.05, 3.63) is 29.6 Å². The Labute approximate surface area is 130 Å². The summed E-state index contributed by atoms with van der Waals surface area (Å²) in [5.41, 5.74) is -0.0984. The topological polar surface area (TPSA) is 55.4 Å². The van der Waals surface area contributed by atoms with Crippen LogP contribution in [-0.4, -0.2) is 24.9 Å². The summed E-state index contributed by atoms with van der Waals surface area (Å²) in [6.45, 7) is 3.82. The van der Waals surface area contributed by atoms with E-state index in [2.05, 4.69) is 5.32 Å². The summed E-state index contributed by atoms with van der Waals surface area (Å²) >= 11 is 0. The average Bonchev–Trinajstić information content (AvgIpc) is 2.95. The SMILES string of the molecule is CCOC(=O)C1(CNc2cccc(F)c2C(C)=O)CCCC1. The zero-order chi connectivity index (χ0) is 16.2. The maximum Gasteiger partial charge on any atom is 0.313 e. The molecule has 1 N–H and O–H groups in total. The van der Waals surface area contributed by atoms with Gasteiger partial charge < -0.3 is 10.1 Å². The van der Waals surface area contributed by atoms with Crippen molar-refractivity contribution in [2.24, 2.45) is 5.41 Å². The van der Waals surface area contributed by atoms with Crippen LogP contribution in [0.5, 0.6) is 0 Å². The number of esters is 1. The monoisotopic (exact) mass is 307 g/mol. The zero-order valence-corrected chi connectivity index (χ0v) is 13.1. The Balaban J connectivity index is 2.19. The number of anilines is 1. The number of ether oxygens (including phenoxy) is 1. The Bertz CT molecular complexity index is 565. The first kappa shape index (κ1) is 16.5. The van der Waals surface area contributed by atoms with Crippen molar-refractivity contribution >= 4 is 17.4 Å². The fourth-order valence-electron chi connectivity index (χ4n) is 3.08. The lowest BCUT2D eigenvalue weighted by Crippen LogP contribution is -2.37. The van der Waals surface area contributed by atoms with E-state index in [0.717, 1.165) is 25.7 Å². The molecule has 0 aliphatic heterocycles. The predicted octanol–water partition coefficient (Wildman–Crippen LogP) is 3.56. The van der Waals surface area contributed by atoms with Crippen molar-refractivity contribution in [3.8, 4) is 0 Å². The minimum absolute atomic E-state index is 0.0412. The van der Waals surface area contributed by atoms with E-state index < -0.39 is 11.2 Å². The molecule has 5 heteroatoms. The molecule has 0 atom stereocenters. The summed E-state index contributed by atoms with van der Waals surface area (Å²) in [5, 5.41) is 3.10. The Hall–Kier alpha value is -1.91.